The molecule has 0 aliphatic carbocycles. The molecule has 1 heterocycles. The minimum absolute atomic E-state index is 0.241. The average Bonchev–Trinajstić information content (AvgIpc) is 2.77. The highest BCUT2D eigenvalue weighted by Gasteiger charge is 2.30. The quantitative estimate of drug-likeness (QED) is 0.919. The summed E-state index contributed by atoms with van der Waals surface area (Å²) in [6.07, 6.45) is -3.16. The van der Waals surface area contributed by atoms with Crippen LogP contribution in [0.2, 0.25) is 0 Å². The Morgan fingerprint density at radius 2 is 1.89 bits per heavy atom. The molecule has 0 spiro atoms. The van der Waals surface area contributed by atoms with Gasteiger partial charge in [-0.05, 0) is 17.7 Å². The molecular weight excluding hydrogens is 261 g/mol. The van der Waals surface area contributed by atoms with Gasteiger partial charge in [0.1, 0.15) is 12.1 Å². The lowest BCUT2D eigenvalue weighted by Gasteiger charge is -2.09. The van der Waals surface area contributed by atoms with E-state index in [-0.39, 0.29) is 12.3 Å². The van der Waals surface area contributed by atoms with Crippen LogP contribution in [0, 0.1) is 0 Å². The maximum atomic E-state index is 12.0. The number of nitrogens with two attached hydrogens (primary N) is 1. The molecule has 0 unspecified atom stereocenters. The van der Waals surface area contributed by atoms with Gasteiger partial charge in [-0.3, -0.25) is 0 Å². The number of hydrogen-bond acceptors (Lipinski definition) is 4. The predicted octanol–water partition coefficient (Wildman–Crippen LogP) is 1.68. The van der Waals surface area contributed by atoms with E-state index < -0.39 is 6.36 Å². The Morgan fingerprint density at radius 3 is 2.42 bits per heavy atom. The third-order valence-electron chi connectivity index (χ3n) is 2.27. The summed E-state index contributed by atoms with van der Waals surface area (Å²) in [5.74, 6) is 0.259. The third-order valence-corrected chi connectivity index (χ3v) is 2.27. The molecule has 5 nitrogen and oxygen atoms in total. The van der Waals surface area contributed by atoms with Crippen LogP contribution in [-0.2, 0) is 13.1 Å². The number of nitrogens with zero attached hydrogens (tertiary/aromatic N) is 3. The Morgan fingerprint density at radius 1 is 1.21 bits per heavy atom. The monoisotopic (exact) mass is 272 g/mol. The van der Waals surface area contributed by atoms with Gasteiger partial charge in [-0.1, -0.05) is 12.1 Å². The molecule has 0 aliphatic rings. The summed E-state index contributed by atoms with van der Waals surface area (Å²) in [6, 6.07) is 5.57. The topological polar surface area (TPSA) is 66.0 Å². The molecule has 102 valence electrons. The van der Waals surface area contributed by atoms with Gasteiger partial charge in [-0.15, -0.1) is 13.2 Å². The first-order valence-corrected chi connectivity index (χ1v) is 5.39. The lowest BCUT2D eigenvalue weighted by atomic mass is 10.2. The van der Waals surface area contributed by atoms with Crippen molar-refractivity contribution in [1.82, 2.24) is 14.8 Å². The molecule has 0 radical (unpaired) electrons. The Kier molecular flexibility index (Phi) is 3.70. The van der Waals surface area contributed by atoms with Crippen molar-refractivity contribution in [3.05, 3.63) is 42.0 Å². The molecule has 0 amide bonds. The van der Waals surface area contributed by atoms with E-state index in [1.165, 1.54) is 30.6 Å². The maximum absolute atomic E-state index is 12.0. The van der Waals surface area contributed by atoms with Crippen molar-refractivity contribution < 1.29 is 17.9 Å². The van der Waals surface area contributed by atoms with Gasteiger partial charge < -0.3 is 10.5 Å². The van der Waals surface area contributed by atoms with Gasteiger partial charge in [0.25, 0.3) is 0 Å². The maximum Gasteiger partial charge on any atom is 0.573 e. The van der Waals surface area contributed by atoms with Crippen LogP contribution in [0.25, 0.3) is 0 Å². The lowest BCUT2D eigenvalue weighted by Crippen LogP contribution is -2.17. The van der Waals surface area contributed by atoms with Crippen LogP contribution >= 0.6 is 0 Å². The molecule has 0 atom stereocenters. The van der Waals surface area contributed by atoms with Gasteiger partial charge in [0.05, 0.1) is 13.1 Å². The van der Waals surface area contributed by atoms with Crippen molar-refractivity contribution >= 4 is 0 Å². The van der Waals surface area contributed by atoms with Crippen molar-refractivity contribution in [3.8, 4) is 5.75 Å². The highest BCUT2D eigenvalue weighted by molar-refractivity contribution is 5.27. The van der Waals surface area contributed by atoms with Crippen molar-refractivity contribution in [2.45, 2.75) is 19.5 Å². The first-order chi connectivity index (χ1) is 8.96. The molecule has 2 aromatic rings. The van der Waals surface area contributed by atoms with Gasteiger partial charge in [0.15, 0.2) is 5.82 Å². The fraction of sp³-hybridized carbons (Fsp3) is 0.273. The Balaban J connectivity index is 2.02. The Hall–Kier alpha value is -2.09. The van der Waals surface area contributed by atoms with Crippen LogP contribution in [-0.4, -0.2) is 21.1 Å². The first-order valence-electron chi connectivity index (χ1n) is 5.39. The summed E-state index contributed by atoms with van der Waals surface area (Å²) in [5, 5.41) is 4.08. The molecule has 0 aliphatic heterocycles. The van der Waals surface area contributed by atoms with Crippen molar-refractivity contribution in [2.75, 3.05) is 0 Å². The number of ether oxygens (including phenoxy) is 1. The van der Waals surface area contributed by atoms with E-state index in [9.17, 15) is 13.2 Å². The molecule has 0 saturated carbocycles. The predicted molar refractivity (Wildman–Crippen MR) is 60.1 cm³/mol. The molecule has 19 heavy (non-hydrogen) atoms. The molecule has 8 heteroatoms. The SMILES string of the molecule is NCc1ncn(Cc2ccc(OC(F)(F)F)cc2)n1. The lowest BCUT2D eigenvalue weighted by molar-refractivity contribution is -0.274. The molecule has 0 fully saturated rings. The Bertz CT molecular complexity index is 536. The van der Waals surface area contributed by atoms with Crippen LogP contribution in [0.1, 0.15) is 11.4 Å². The number of benzene rings is 1. The highest BCUT2D eigenvalue weighted by atomic mass is 19.4. The van der Waals surface area contributed by atoms with E-state index in [1.807, 2.05) is 0 Å². The standard InChI is InChI=1S/C11H11F3N4O/c12-11(13,14)19-9-3-1-8(2-4-9)6-18-7-16-10(5-15)17-18/h1-4,7H,5-6,15H2. The van der Waals surface area contributed by atoms with Crippen LogP contribution < -0.4 is 10.5 Å². The smallest absolute Gasteiger partial charge is 0.406 e. The number of alkyl halides is 3. The van der Waals surface area contributed by atoms with E-state index in [0.29, 0.717) is 12.4 Å². The van der Waals surface area contributed by atoms with Gasteiger partial charge >= 0.3 is 6.36 Å². The first kappa shape index (κ1) is 13.3. The van der Waals surface area contributed by atoms with Crippen molar-refractivity contribution in [2.24, 2.45) is 5.73 Å². The molecule has 2 rings (SSSR count). The van der Waals surface area contributed by atoms with Gasteiger partial charge in [0.2, 0.25) is 0 Å². The van der Waals surface area contributed by atoms with E-state index in [0.717, 1.165) is 5.56 Å². The molecule has 0 saturated heterocycles. The normalized spacial score (nSPS) is 11.6. The van der Waals surface area contributed by atoms with Crippen LogP contribution in [0.4, 0.5) is 13.2 Å². The summed E-state index contributed by atoms with van der Waals surface area (Å²) in [7, 11) is 0. The number of hydrogen-bond donors (Lipinski definition) is 1. The third kappa shape index (κ3) is 3.95. The zero-order valence-electron chi connectivity index (χ0n) is 9.76. The van der Waals surface area contributed by atoms with Crippen LogP contribution in [0.15, 0.2) is 30.6 Å². The summed E-state index contributed by atoms with van der Waals surface area (Å²) >= 11 is 0. The van der Waals surface area contributed by atoms with Gasteiger partial charge in [-0.25, -0.2) is 9.67 Å². The molecule has 2 N–H and O–H groups in total. The summed E-state index contributed by atoms with van der Waals surface area (Å²) < 4.78 is 41.3. The van der Waals surface area contributed by atoms with E-state index >= 15 is 0 Å². The van der Waals surface area contributed by atoms with Gasteiger partial charge in [0, 0.05) is 0 Å². The fourth-order valence-corrected chi connectivity index (χ4v) is 1.49. The minimum atomic E-state index is -4.68. The van der Waals surface area contributed by atoms with Gasteiger partial charge in [-0.2, -0.15) is 5.10 Å². The van der Waals surface area contributed by atoms with E-state index in [1.54, 1.807) is 4.68 Å². The Labute approximate surface area is 106 Å². The highest BCUT2D eigenvalue weighted by Crippen LogP contribution is 2.22. The second-order valence-electron chi connectivity index (χ2n) is 3.75. The van der Waals surface area contributed by atoms with E-state index in [4.69, 9.17) is 5.73 Å². The number of rotatable bonds is 4. The molecule has 1 aromatic carbocycles. The minimum Gasteiger partial charge on any atom is -0.406 e. The second-order valence-corrected chi connectivity index (χ2v) is 3.75. The molecule has 0 bridgehead atoms. The zero-order chi connectivity index (χ0) is 13.9. The summed E-state index contributed by atoms with van der Waals surface area (Å²) in [5.41, 5.74) is 6.15. The summed E-state index contributed by atoms with van der Waals surface area (Å²) in [4.78, 5) is 3.95. The fourth-order valence-electron chi connectivity index (χ4n) is 1.49. The van der Waals surface area contributed by atoms with Crippen LogP contribution in [0.3, 0.4) is 0 Å². The number of aromatic nitrogens is 3. The molecule has 1 aromatic heterocycles. The van der Waals surface area contributed by atoms with Crippen molar-refractivity contribution in [3.63, 3.8) is 0 Å². The average molecular weight is 272 g/mol. The largest absolute Gasteiger partial charge is 0.573 e. The zero-order valence-corrected chi connectivity index (χ0v) is 9.76. The number of halogens is 3. The summed E-state index contributed by atoms with van der Waals surface area (Å²) in [6.45, 7) is 0.644. The van der Waals surface area contributed by atoms with Crippen molar-refractivity contribution in [1.29, 1.82) is 0 Å². The second kappa shape index (κ2) is 5.27. The van der Waals surface area contributed by atoms with Crippen LogP contribution in [0.5, 0.6) is 5.75 Å². The van der Waals surface area contributed by atoms with E-state index in [2.05, 4.69) is 14.8 Å². The molecular formula is C11H11F3N4O.